The molecule has 0 aliphatic rings. The Labute approximate surface area is 117 Å². The molecule has 0 spiro atoms. The minimum absolute atomic E-state index is 0.184. The van der Waals surface area contributed by atoms with Crippen LogP contribution in [-0.2, 0) is 5.60 Å². The van der Waals surface area contributed by atoms with Gasteiger partial charge in [-0.05, 0) is 25.3 Å². The first-order valence-corrected chi connectivity index (χ1v) is 5.69. The van der Waals surface area contributed by atoms with Crippen LogP contribution in [0, 0.1) is 0 Å². The second-order valence-electron chi connectivity index (χ2n) is 5.04. The Morgan fingerprint density at radius 1 is 1.05 bits per heavy atom. The second-order valence-corrected chi connectivity index (χ2v) is 5.04. The summed E-state index contributed by atoms with van der Waals surface area (Å²) in [5.41, 5.74) is 6.61. The third-order valence-corrected chi connectivity index (χ3v) is 3.05. The number of rotatable bonds is 1. The molecular formula is C12H10B4N2O. The van der Waals surface area contributed by atoms with Gasteiger partial charge in [0.25, 0.3) is 0 Å². The Morgan fingerprint density at radius 2 is 1.58 bits per heavy atom. The lowest BCUT2D eigenvalue weighted by molar-refractivity contribution is 0.0751. The summed E-state index contributed by atoms with van der Waals surface area (Å²) in [5.74, 6) is 0. The lowest BCUT2D eigenvalue weighted by Gasteiger charge is -2.22. The summed E-state index contributed by atoms with van der Waals surface area (Å²) in [4.78, 5) is 4.29. The summed E-state index contributed by atoms with van der Waals surface area (Å²) in [7, 11) is 23.4. The van der Waals surface area contributed by atoms with Crippen LogP contribution in [0.5, 0.6) is 0 Å². The summed E-state index contributed by atoms with van der Waals surface area (Å²) in [6.07, 6.45) is 0. The van der Waals surface area contributed by atoms with Crippen molar-refractivity contribution in [2.45, 2.75) is 19.4 Å². The maximum atomic E-state index is 10.0. The fourth-order valence-electron chi connectivity index (χ4n) is 1.99. The van der Waals surface area contributed by atoms with E-state index in [2.05, 4.69) is 4.98 Å². The first-order valence-electron chi connectivity index (χ1n) is 5.69. The summed E-state index contributed by atoms with van der Waals surface area (Å²) < 4.78 is 0. The van der Waals surface area contributed by atoms with Crippen LogP contribution in [0.4, 0.5) is 5.69 Å². The molecule has 0 saturated carbocycles. The Balaban J connectivity index is 2.95. The minimum Gasteiger partial charge on any atom is -0.397 e. The Kier molecular flexibility index (Phi) is 3.21. The van der Waals surface area contributed by atoms with Gasteiger partial charge in [-0.3, -0.25) is 0 Å². The van der Waals surface area contributed by atoms with Crippen molar-refractivity contribution in [3.8, 4) is 0 Å². The number of pyridine rings is 1. The molecule has 2 rings (SSSR count). The summed E-state index contributed by atoms with van der Waals surface area (Å²) in [5, 5.41) is 10.6. The van der Waals surface area contributed by atoms with Gasteiger partial charge in [0, 0.05) is 0 Å². The Morgan fingerprint density at radius 3 is 2.11 bits per heavy atom. The zero-order valence-electron chi connectivity index (χ0n) is 10.9. The number of aromatic nitrogens is 1. The largest absolute Gasteiger partial charge is 0.397 e. The van der Waals surface area contributed by atoms with E-state index in [0.717, 1.165) is 0 Å². The highest BCUT2D eigenvalue weighted by molar-refractivity contribution is 6.66. The second kappa shape index (κ2) is 4.34. The van der Waals surface area contributed by atoms with E-state index in [9.17, 15) is 5.11 Å². The van der Waals surface area contributed by atoms with Crippen molar-refractivity contribution < 1.29 is 5.11 Å². The highest BCUT2D eigenvalue weighted by Crippen LogP contribution is 2.25. The molecule has 0 aliphatic heterocycles. The summed E-state index contributed by atoms with van der Waals surface area (Å²) >= 11 is 0. The standard InChI is InChI=1S/C12H10B4N2O/c1-12(2,19)11-5(17)3-4-6(13)7(14)8(15)9(16)10(4)18-11/h3,19H,17H2,1-2H3. The number of aliphatic hydroxyl groups is 1. The topological polar surface area (TPSA) is 59.1 Å². The van der Waals surface area contributed by atoms with Crippen molar-refractivity contribution in [2.75, 3.05) is 5.73 Å². The molecule has 0 bridgehead atoms. The summed E-state index contributed by atoms with van der Waals surface area (Å²) in [6, 6.07) is 1.59. The SMILES string of the molecule is [B]c1c([B])c([B])c2nc(C(C)(C)O)c(N)cc2c1[B]. The van der Waals surface area contributed by atoms with Crippen molar-refractivity contribution >= 4 is 69.8 Å². The molecule has 7 heteroatoms. The zero-order chi connectivity index (χ0) is 14.5. The van der Waals surface area contributed by atoms with Crippen LogP contribution in [0.15, 0.2) is 6.07 Å². The summed E-state index contributed by atoms with van der Waals surface area (Å²) in [6.45, 7) is 3.16. The molecule has 3 nitrogen and oxygen atoms in total. The molecule has 86 valence electrons. The molecule has 0 fully saturated rings. The average Bonchev–Trinajstić information content (AvgIpc) is 2.31. The van der Waals surface area contributed by atoms with Crippen LogP contribution in [0.25, 0.3) is 10.9 Å². The van der Waals surface area contributed by atoms with Crippen molar-refractivity contribution in [3.63, 3.8) is 0 Å². The van der Waals surface area contributed by atoms with Crippen molar-refractivity contribution in [1.29, 1.82) is 0 Å². The average molecular weight is 241 g/mol. The van der Waals surface area contributed by atoms with Gasteiger partial charge in [0.15, 0.2) is 0 Å². The number of nitrogens with two attached hydrogens (primary N) is 1. The highest BCUT2D eigenvalue weighted by Gasteiger charge is 2.22. The smallest absolute Gasteiger partial charge is 0.116 e. The maximum Gasteiger partial charge on any atom is 0.116 e. The number of hydrogen-bond donors (Lipinski definition) is 2. The predicted octanol–water partition coefficient (Wildman–Crippen LogP) is -2.78. The predicted molar refractivity (Wildman–Crippen MR) is 83.0 cm³/mol. The molecule has 1 aromatic carbocycles. The van der Waals surface area contributed by atoms with Gasteiger partial charge in [0.2, 0.25) is 0 Å². The van der Waals surface area contributed by atoms with E-state index in [1.165, 1.54) is 0 Å². The molecule has 1 heterocycles. The lowest BCUT2D eigenvalue weighted by Crippen LogP contribution is -2.48. The normalized spacial score (nSPS) is 11.9. The van der Waals surface area contributed by atoms with Crippen LogP contribution in [0.1, 0.15) is 19.5 Å². The Hall–Kier alpha value is -1.35. The van der Waals surface area contributed by atoms with Gasteiger partial charge >= 0.3 is 0 Å². The molecule has 0 aliphatic carbocycles. The van der Waals surface area contributed by atoms with Gasteiger partial charge in [-0.1, -0.05) is 10.9 Å². The molecule has 1 aromatic heterocycles. The minimum atomic E-state index is -1.20. The lowest BCUT2D eigenvalue weighted by atomic mass is 9.65. The Bertz CT molecular complexity index is 680. The van der Waals surface area contributed by atoms with Crippen molar-refractivity contribution in [3.05, 3.63) is 11.8 Å². The third kappa shape index (κ3) is 2.16. The van der Waals surface area contributed by atoms with Crippen LogP contribution < -0.4 is 27.6 Å². The van der Waals surface area contributed by atoms with Crippen LogP contribution in [0.3, 0.4) is 0 Å². The number of hydrogen-bond acceptors (Lipinski definition) is 3. The van der Waals surface area contributed by atoms with E-state index < -0.39 is 5.60 Å². The van der Waals surface area contributed by atoms with Crippen molar-refractivity contribution in [2.24, 2.45) is 0 Å². The van der Waals surface area contributed by atoms with Gasteiger partial charge in [0.1, 0.15) is 37.0 Å². The molecule has 0 saturated heterocycles. The molecule has 0 unspecified atom stereocenters. The molecule has 8 radical (unpaired) electrons. The fraction of sp³-hybridized carbons (Fsp3) is 0.250. The maximum absolute atomic E-state index is 10.0. The molecule has 2 aromatic rings. The van der Waals surface area contributed by atoms with Gasteiger partial charge in [-0.2, -0.15) is 0 Å². The number of anilines is 1. The third-order valence-electron chi connectivity index (χ3n) is 3.05. The highest BCUT2D eigenvalue weighted by atomic mass is 16.3. The van der Waals surface area contributed by atoms with Gasteiger partial charge in [-0.15, -0.1) is 10.9 Å². The van der Waals surface area contributed by atoms with E-state index in [1.54, 1.807) is 19.9 Å². The van der Waals surface area contributed by atoms with Gasteiger partial charge in [-0.25, -0.2) is 4.98 Å². The van der Waals surface area contributed by atoms with Gasteiger partial charge in [0.05, 0.1) is 16.9 Å². The van der Waals surface area contributed by atoms with E-state index in [-0.39, 0.29) is 21.9 Å². The van der Waals surface area contributed by atoms with E-state index in [0.29, 0.717) is 22.3 Å². The van der Waals surface area contributed by atoms with Crippen LogP contribution in [0.2, 0.25) is 0 Å². The quantitative estimate of drug-likeness (QED) is 0.531. The number of benzene rings is 1. The zero-order valence-corrected chi connectivity index (χ0v) is 10.9. The first kappa shape index (κ1) is 14.1. The monoisotopic (exact) mass is 242 g/mol. The molecule has 0 atom stereocenters. The van der Waals surface area contributed by atoms with E-state index in [1.807, 2.05) is 0 Å². The number of nitrogen functional groups attached to an aromatic ring is 1. The van der Waals surface area contributed by atoms with E-state index in [4.69, 9.17) is 37.1 Å². The van der Waals surface area contributed by atoms with Gasteiger partial charge < -0.3 is 10.8 Å². The number of fused-ring (bicyclic) bond motifs is 1. The van der Waals surface area contributed by atoms with Crippen molar-refractivity contribution in [1.82, 2.24) is 4.98 Å². The van der Waals surface area contributed by atoms with Crippen LogP contribution in [-0.4, -0.2) is 41.5 Å². The fourth-order valence-corrected chi connectivity index (χ4v) is 1.99. The van der Waals surface area contributed by atoms with E-state index >= 15 is 0 Å². The molecule has 3 N–H and O–H groups in total. The van der Waals surface area contributed by atoms with Crippen LogP contribution >= 0.6 is 0 Å². The number of nitrogens with zero attached hydrogens (tertiary/aromatic N) is 1. The molecule has 0 amide bonds. The first-order chi connectivity index (χ1) is 8.64. The molecule has 19 heavy (non-hydrogen) atoms. The molecular weight excluding hydrogens is 231 g/mol.